The van der Waals surface area contributed by atoms with E-state index in [4.69, 9.17) is 27.3 Å². The molecule has 2 heterocycles. The highest BCUT2D eigenvalue weighted by molar-refractivity contribution is 6.10. The van der Waals surface area contributed by atoms with Crippen LogP contribution in [-0.2, 0) is 0 Å². The van der Waals surface area contributed by atoms with Crippen molar-refractivity contribution in [2.24, 2.45) is 0 Å². The summed E-state index contributed by atoms with van der Waals surface area (Å²) in [6.07, 6.45) is 0. The standard InChI is InChI=1S/C45H30N4/c1-4-15-31(16-5-1)34-27-28-39-38-24-12-13-26-41(38)49(42(39)30-34)36-22-14-21-35(29-36)44-46-43(33-19-8-3-9-20-33)47-45(48-44)40-25-11-10-23-37(40)32-17-6-2-7-18-32/h1-30H/i1D,4D,5D,12D,13D,15D,16D,24D,26D. The van der Waals surface area contributed by atoms with Crippen LogP contribution in [-0.4, -0.2) is 19.5 Å². The van der Waals surface area contributed by atoms with Crippen LogP contribution in [0, 0.1) is 0 Å². The summed E-state index contributed by atoms with van der Waals surface area (Å²) in [7, 11) is 0. The largest absolute Gasteiger partial charge is 0.309 e. The Morgan fingerprint density at radius 1 is 0.388 bits per heavy atom. The molecule has 49 heavy (non-hydrogen) atoms. The van der Waals surface area contributed by atoms with Gasteiger partial charge in [0.2, 0.25) is 0 Å². The summed E-state index contributed by atoms with van der Waals surface area (Å²) in [6.45, 7) is 0. The van der Waals surface area contributed by atoms with Crippen LogP contribution in [0.3, 0.4) is 0 Å². The van der Waals surface area contributed by atoms with Crippen molar-refractivity contribution in [3.05, 3.63) is 182 Å². The molecule has 9 aromatic rings. The molecule has 0 aliphatic carbocycles. The third-order valence-corrected chi connectivity index (χ3v) is 8.47. The van der Waals surface area contributed by atoms with Crippen LogP contribution in [0.25, 0.3) is 83.9 Å². The lowest BCUT2D eigenvalue weighted by Crippen LogP contribution is -2.02. The summed E-state index contributed by atoms with van der Waals surface area (Å²) in [5, 5.41) is 0.778. The quantitative estimate of drug-likeness (QED) is 0.183. The van der Waals surface area contributed by atoms with Crippen molar-refractivity contribution in [1.82, 2.24) is 19.5 Å². The molecule has 2 aromatic heterocycles. The van der Waals surface area contributed by atoms with Gasteiger partial charge in [-0.3, -0.25) is 0 Å². The van der Waals surface area contributed by atoms with E-state index < -0.39 is 24.2 Å². The minimum atomic E-state index is -0.505. The first-order chi connectivity index (χ1) is 28.0. The van der Waals surface area contributed by atoms with Crippen LogP contribution < -0.4 is 0 Å². The fraction of sp³-hybridized carbons (Fsp3) is 0. The lowest BCUT2D eigenvalue weighted by Gasteiger charge is -2.13. The number of rotatable bonds is 6. The number of hydrogen-bond donors (Lipinski definition) is 0. The molecule has 0 atom stereocenters. The van der Waals surface area contributed by atoms with Crippen molar-refractivity contribution >= 4 is 21.8 Å². The van der Waals surface area contributed by atoms with Gasteiger partial charge in [0.25, 0.3) is 0 Å². The summed E-state index contributed by atoms with van der Waals surface area (Å²) in [6, 6.07) is 36.4. The predicted octanol–water partition coefficient (Wildman–Crippen LogP) is 11.3. The second-order valence-corrected chi connectivity index (χ2v) is 11.4. The van der Waals surface area contributed by atoms with Crippen LogP contribution in [0.4, 0.5) is 0 Å². The molecule has 0 amide bonds. The third kappa shape index (κ3) is 5.26. The van der Waals surface area contributed by atoms with E-state index in [0.717, 1.165) is 22.3 Å². The Hall–Kier alpha value is -6.65. The van der Waals surface area contributed by atoms with E-state index in [-0.39, 0.29) is 46.7 Å². The normalized spacial score (nSPS) is 13.8. The van der Waals surface area contributed by atoms with Crippen molar-refractivity contribution < 1.29 is 12.3 Å². The molecule has 9 rings (SSSR count). The van der Waals surface area contributed by atoms with Crippen LogP contribution in [0.5, 0.6) is 0 Å². The van der Waals surface area contributed by atoms with Gasteiger partial charge in [-0.2, -0.15) is 0 Å². The second kappa shape index (κ2) is 12.2. The first kappa shape index (κ1) is 20.6. The number of hydrogen-bond acceptors (Lipinski definition) is 3. The second-order valence-electron chi connectivity index (χ2n) is 11.4. The SMILES string of the molecule is [2H]c1c([2H])c([2H])c(-c2ccc3c4c([2H])c([2H])c([2H])c([2H])c4n(-c4cccc(-c5nc(-c6ccccc6)nc(-c6ccccc6-c6ccccc6)n5)c4)c3c2)c([2H])c1[2H]. The number of fused-ring (bicyclic) bond motifs is 3. The van der Waals surface area contributed by atoms with Gasteiger partial charge in [-0.25, -0.2) is 15.0 Å². The minimum absolute atomic E-state index is 0.0000443. The van der Waals surface area contributed by atoms with E-state index in [0.29, 0.717) is 45.2 Å². The van der Waals surface area contributed by atoms with Gasteiger partial charge >= 0.3 is 0 Å². The molecule has 0 radical (unpaired) electrons. The van der Waals surface area contributed by atoms with Crippen molar-refractivity contribution in [2.75, 3.05) is 0 Å². The Kier molecular flexibility index (Phi) is 5.11. The molecule has 0 fully saturated rings. The van der Waals surface area contributed by atoms with Crippen LogP contribution in [0.1, 0.15) is 12.3 Å². The minimum Gasteiger partial charge on any atom is -0.309 e. The Bertz CT molecular complexity index is 3090. The van der Waals surface area contributed by atoms with Crippen LogP contribution in [0.2, 0.25) is 0 Å². The van der Waals surface area contributed by atoms with Gasteiger partial charge in [0.15, 0.2) is 17.5 Å². The fourth-order valence-electron chi connectivity index (χ4n) is 6.21. The molecule has 0 spiro atoms. The third-order valence-electron chi connectivity index (χ3n) is 8.47. The summed E-state index contributed by atoms with van der Waals surface area (Å²) in [5.74, 6) is 1.29. The highest BCUT2D eigenvalue weighted by Gasteiger charge is 2.17. The first-order valence-corrected chi connectivity index (χ1v) is 15.7. The summed E-state index contributed by atoms with van der Waals surface area (Å²) < 4.78 is 78.9. The van der Waals surface area contributed by atoms with Gasteiger partial charge < -0.3 is 4.57 Å². The van der Waals surface area contributed by atoms with Crippen molar-refractivity contribution in [3.63, 3.8) is 0 Å². The molecule has 230 valence electrons. The van der Waals surface area contributed by atoms with Gasteiger partial charge in [-0.05, 0) is 46.5 Å². The van der Waals surface area contributed by atoms with Gasteiger partial charge in [-0.15, -0.1) is 0 Å². The Morgan fingerprint density at radius 2 is 1.02 bits per heavy atom. The molecular weight excluding hydrogens is 597 g/mol. The number of aromatic nitrogens is 4. The van der Waals surface area contributed by atoms with E-state index in [9.17, 15) is 0 Å². The lowest BCUT2D eigenvalue weighted by molar-refractivity contribution is 1.07. The van der Waals surface area contributed by atoms with Gasteiger partial charge in [0.05, 0.1) is 23.4 Å². The molecule has 4 heteroatoms. The Morgan fingerprint density at radius 3 is 1.82 bits per heavy atom. The van der Waals surface area contributed by atoms with E-state index in [1.807, 2.05) is 109 Å². The van der Waals surface area contributed by atoms with Crippen LogP contribution >= 0.6 is 0 Å². The molecule has 0 unspecified atom stereocenters. The highest BCUT2D eigenvalue weighted by Crippen LogP contribution is 2.36. The molecule has 0 aliphatic heterocycles. The van der Waals surface area contributed by atoms with Crippen molar-refractivity contribution in [2.45, 2.75) is 0 Å². The smallest absolute Gasteiger partial charge is 0.164 e. The van der Waals surface area contributed by atoms with E-state index in [2.05, 4.69) is 0 Å². The topological polar surface area (TPSA) is 43.6 Å². The molecule has 0 bridgehead atoms. The van der Waals surface area contributed by atoms with Gasteiger partial charge in [-0.1, -0.05) is 158 Å². The predicted molar refractivity (Wildman–Crippen MR) is 201 cm³/mol. The van der Waals surface area contributed by atoms with Crippen molar-refractivity contribution in [1.29, 1.82) is 0 Å². The fourth-order valence-corrected chi connectivity index (χ4v) is 6.21. The zero-order chi connectivity index (χ0) is 40.4. The molecule has 0 saturated heterocycles. The molecule has 4 nitrogen and oxygen atoms in total. The maximum atomic E-state index is 9.09. The van der Waals surface area contributed by atoms with E-state index >= 15 is 0 Å². The first-order valence-electron chi connectivity index (χ1n) is 20.2. The average Bonchev–Trinajstić information content (AvgIpc) is 3.61. The zero-order valence-corrected chi connectivity index (χ0v) is 25.9. The molecule has 7 aromatic carbocycles. The maximum Gasteiger partial charge on any atom is 0.164 e. The molecular formula is C45H30N4. The number of benzene rings is 7. The van der Waals surface area contributed by atoms with Crippen molar-refractivity contribution in [3.8, 4) is 62.1 Å². The molecule has 0 N–H and O–H groups in total. The Labute approximate surface area is 297 Å². The van der Waals surface area contributed by atoms with E-state index in [1.165, 1.54) is 0 Å². The monoisotopic (exact) mass is 635 g/mol. The van der Waals surface area contributed by atoms with Crippen LogP contribution in [0.15, 0.2) is 182 Å². The summed E-state index contributed by atoms with van der Waals surface area (Å²) in [5.41, 5.74) is 5.66. The zero-order valence-electron chi connectivity index (χ0n) is 34.9. The maximum absolute atomic E-state index is 9.09. The average molecular weight is 636 g/mol. The lowest BCUT2D eigenvalue weighted by atomic mass is 9.99. The molecule has 0 saturated carbocycles. The Balaban J connectivity index is 1.30. The van der Waals surface area contributed by atoms with Gasteiger partial charge in [0.1, 0.15) is 0 Å². The highest BCUT2D eigenvalue weighted by atomic mass is 15.0. The molecule has 0 aliphatic rings. The summed E-state index contributed by atoms with van der Waals surface area (Å²) >= 11 is 0. The van der Waals surface area contributed by atoms with E-state index in [1.54, 1.807) is 22.8 Å². The van der Waals surface area contributed by atoms with Gasteiger partial charge in [0, 0.05) is 33.2 Å². The number of nitrogens with zero attached hydrogens (tertiary/aromatic N) is 4. The summed E-state index contributed by atoms with van der Waals surface area (Å²) in [4.78, 5) is 15.0. The number of para-hydroxylation sites is 1.